The van der Waals surface area contributed by atoms with E-state index in [1.165, 1.54) is 23.5 Å². The molecule has 0 unspecified atom stereocenters. The van der Waals surface area contributed by atoms with Crippen LogP contribution in [0, 0.1) is 6.92 Å². The lowest BCUT2D eigenvalue weighted by Gasteiger charge is -2.16. The van der Waals surface area contributed by atoms with Crippen molar-refractivity contribution in [1.29, 1.82) is 0 Å². The summed E-state index contributed by atoms with van der Waals surface area (Å²) in [6.07, 6.45) is 0.890. The number of benzene rings is 2. The Morgan fingerprint density at radius 1 is 1.12 bits per heavy atom. The molecule has 0 saturated heterocycles. The number of thiazole rings is 1. The molecule has 0 aliphatic heterocycles. The molecule has 0 fully saturated rings. The summed E-state index contributed by atoms with van der Waals surface area (Å²) >= 11 is 1.33. The summed E-state index contributed by atoms with van der Waals surface area (Å²) in [4.78, 5) is 17.2. The lowest BCUT2D eigenvalue weighted by molar-refractivity contribution is 0.0916. The fourth-order valence-electron chi connectivity index (χ4n) is 2.80. The van der Waals surface area contributed by atoms with Crippen molar-refractivity contribution < 1.29 is 27.4 Å². The number of rotatable bonds is 9. The topological polar surface area (TPSA) is 104 Å². The summed E-state index contributed by atoms with van der Waals surface area (Å²) in [7, 11) is -1.73. The Hall–Kier alpha value is -2.95. The maximum Gasteiger partial charge on any atom is 0.257 e. The summed E-state index contributed by atoms with van der Waals surface area (Å²) in [5.41, 5.74) is 1.14. The van der Waals surface area contributed by atoms with Crippen molar-refractivity contribution in [2.24, 2.45) is 0 Å². The fraction of sp³-hybridized carbons (Fsp3) is 0.273. The molecule has 0 aliphatic carbocycles. The van der Waals surface area contributed by atoms with Crippen LogP contribution < -0.4 is 14.8 Å². The Kier molecular flexibility index (Phi) is 7.49. The summed E-state index contributed by atoms with van der Waals surface area (Å²) in [6.45, 7) is 4.07. The van der Waals surface area contributed by atoms with E-state index in [4.69, 9.17) is 14.2 Å². The number of hydrogen-bond donors (Lipinski definition) is 1. The van der Waals surface area contributed by atoms with Crippen LogP contribution in [0.5, 0.6) is 17.2 Å². The third kappa shape index (κ3) is 6.52. The number of anilines is 1. The second-order valence-electron chi connectivity index (χ2n) is 7.17. The molecule has 1 N–H and O–H groups in total. The molecule has 3 aromatic rings. The first-order chi connectivity index (χ1) is 15.1. The average molecular weight is 477 g/mol. The Morgan fingerprint density at radius 3 is 2.41 bits per heavy atom. The van der Waals surface area contributed by atoms with Crippen molar-refractivity contribution >= 4 is 32.2 Å². The van der Waals surface area contributed by atoms with Gasteiger partial charge in [-0.15, -0.1) is 11.3 Å². The molecule has 0 aliphatic rings. The maximum absolute atomic E-state index is 12.8. The van der Waals surface area contributed by atoms with E-state index in [-0.39, 0.29) is 16.9 Å². The highest BCUT2D eigenvalue weighted by Gasteiger charge is 2.15. The minimum absolute atomic E-state index is 0.189. The summed E-state index contributed by atoms with van der Waals surface area (Å²) in [5.74, 6) is 0.850. The van der Waals surface area contributed by atoms with Gasteiger partial charge in [0.1, 0.15) is 23.4 Å². The normalized spacial score (nSPS) is 12.2. The third-order valence-electron chi connectivity index (χ3n) is 4.21. The Balaban J connectivity index is 1.87. The van der Waals surface area contributed by atoms with Gasteiger partial charge in [-0.25, -0.2) is 13.4 Å². The van der Waals surface area contributed by atoms with Crippen LogP contribution in [0.3, 0.4) is 0 Å². The molecule has 32 heavy (non-hydrogen) atoms. The van der Waals surface area contributed by atoms with Gasteiger partial charge in [0.25, 0.3) is 5.91 Å². The number of methoxy groups -OCH3 is 1. The molecule has 170 valence electrons. The molecule has 8 nitrogen and oxygen atoms in total. The second-order valence-corrected chi connectivity index (χ2v) is 10.0. The van der Waals surface area contributed by atoms with Crippen LogP contribution in [0.2, 0.25) is 0 Å². The Labute approximate surface area is 191 Å². The lowest BCUT2D eigenvalue weighted by Crippen LogP contribution is -2.18. The Bertz CT molecular complexity index is 1190. The van der Waals surface area contributed by atoms with E-state index in [0.29, 0.717) is 34.6 Å². The highest BCUT2D eigenvalue weighted by Crippen LogP contribution is 2.29. The van der Waals surface area contributed by atoms with E-state index < -0.39 is 9.84 Å². The standard InChI is InChI=1S/C22H24N2O6S2/c1-14-13-31-22(23-14)24-21(25)16-9-18(29-15(2)12-28-3)11-19(10-16)30-17-5-7-20(8-6-17)32(4,26)27/h5-11,13,15H,12H2,1-4H3,(H,23,24,25)/t15-/m0/s1. The first-order valence-corrected chi connectivity index (χ1v) is 12.4. The average Bonchev–Trinajstić information content (AvgIpc) is 3.12. The molecule has 1 heterocycles. The molecule has 0 saturated carbocycles. The molecular weight excluding hydrogens is 452 g/mol. The van der Waals surface area contributed by atoms with Crippen LogP contribution in [-0.4, -0.2) is 45.4 Å². The summed E-state index contributed by atoms with van der Waals surface area (Å²) in [5, 5.41) is 5.10. The van der Waals surface area contributed by atoms with Crippen LogP contribution in [-0.2, 0) is 14.6 Å². The van der Waals surface area contributed by atoms with Crippen molar-refractivity contribution in [2.45, 2.75) is 24.8 Å². The third-order valence-corrected chi connectivity index (χ3v) is 6.21. The molecule has 0 bridgehead atoms. The quantitative estimate of drug-likeness (QED) is 0.491. The zero-order valence-electron chi connectivity index (χ0n) is 18.1. The SMILES string of the molecule is COC[C@H](C)Oc1cc(Oc2ccc(S(C)(=O)=O)cc2)cc(C(=O)Nc2nc(C)cs2)c1. The van der Waals surface area contributed by atoms with Crippen LogP contribution in [0.15, 0.2) is 52.7 Å². The monoisotopic (exact) mass is 476 g/mol. The van der Waals surface area contributed by atoms with Gasteiger partial charge in [-0.05, 0) is 50.2 Å². The van der Waals surface area contributed by atoms with Gasteiger partial charge in [0.2, 0.25) is 0 Å². The molecule has 0 radical (unpaired) electrons. The number of nitrogens with one attached hydrogen (secondary N) is 1. The molecule has 10 heteroatoms. The summed E-state index contributed by atoms with van der Waals surface area (Å²) < 4.78 is 40.2. The maximum atomic E-state index is 12.8. The number of aromatic nitrogens is 1. The first-order valence-electron chi connectivity index (χ1n) is 9.66. The van der Waals surface area contributed by atoms with E-state index in [2.05, 4.69) is 10.3 Å². The van der Waals surface area contributed by atoms with E-state index in [9.17, 15) is 13.2 Å². The lowest BCUT2D eigenvalue weighted by atomic mass is 10.2. The van der Waals surface area contributed by atoms with E-state index in [0.717, 1.165) is 11.9 Å². The number of nitrogens with zero attached hydrogens (tertiary/aromatic N) is 1. The van der Waals surface area contributed by atoms with Crippen LogP contribution in [0.1, 0.15) is 23.0 Å². The van der Waals surface area contributed by atoms with Gasteiger partial charge in [0, 0.05) is 30.4 Å². The van der Waals surface area contributed by atoms with E-state index >= 15 is 0 Å². The van der Waals surface area contributed by atoms with Crippen molar-refractivity contribution in [1.82, 2.24) is 4.98 Å². The number of carbonyl (C=O) groups is 1. The van der Waals surface area contributed by atoms with Gasteiger partial charge in [-0.1, -0.05) is 0 Å². The minimum Gasteiger partial charge on any atom is -0.488 e. The van der Waals surface area contributed by atoms with E-state index in [1.54, 1.807) is 37.4 Å². The van der Waals surface area contributed by atoms with Gasteiger partial charge < -0.3 is 14.2 Å². The van der Waals surface area contributed by atoms with Gasteiger partial charge in [-0.2, -0.15) is 0 Å². The van der Waals surface area contributed by atoms with Crippen LogP contribution in [0.25, 0.3) is 0 Å². The predicted octanol–water partition coefficient (Wildman–Crippen LogP) is 4.31. The molecule has 1 amide bonds. The van der Waals surface area contributed by atoms with Gasteiger partial charge in [0.05, 0.1) is 17.2 Å². The first kappa shape index (κ1) is 23.7. The van der Waals surface area contributed by atoms with Crippen molar-refractivity contribution in [3.63, 3.8) is 0 Å². The number of carbonyl (C=O) groups excluding carboxylic acids is 1. The molecule has 1 atom stereocenters. The number of ether oxygens (including phenoxy) is 3. The van der Waals surface area contributed by atoms with Crippen molar-refractivity contribution in [3.05, 3.63) is 59.1 Å². The van der Waals surface area contributed by atoms with E-state index in [1.807, 2.05) is 19.2 Å². The molecule has 0 spiro atoms. The van der Waals surface area contributed by atoms with Gasteiger partial charge >= 0.3 is 0 Å². The number of aryl methyl sites for hydroxylation is 1. The highest BCUT2D eigenvalue weighted by molar-refractivity contribution is 7.90. The zero-order chi connectivity index (χ0) is 23.3. The minimum atomic E-state index is -3.31. The molecule has 3 rings (SSSR count). The van der Waals surface area contributed by atoms with Crippen LogP contribution in [0.4, 0.5) is 5.13 Å². The largest absolute Gasteiger partial charge is 0.488 e. The van der Waals surface area contributed by atoms with Gasteiger partial charge in [-0.3, -0.25) is 10.1 Å². The molecular formula is C22H24N2O6S2. The second kappa shape index (κ2) is 10.1. The van der Waals surface area contributed by atoms with Crippen LogP contribution >= 0.6 is 11.3 Å². The highest BCUT2D eigenvalue weighted by atomic mass is 32.2. The number of sulfone groups is 1. The zero-order valence-corrected chi connectivity index (χ0v) is 19.7. The fourth-order valence-corrected chi connectivity index (χ4v) is 4.12. The van der Waals surface area contributed by atoms with Gasteiger partial charge in [0.15, 0.2) is 15.0 Å². The number of hydrogen-bond acceptors (Lipinski definition) is 8. The molecule has 1 aromatic heterocycles. The van der Waals surface area contributed by atoms with Crippen molar-refractivity contribution in [2.75, 3.05) is 25.3 Å². The number of amides is 1. The summed E-state index contributed by atoms with van der Waals surface area (Å²) in [6, 6.07) is 10.9. The van der Waals surface area contributed by atoms with Crippen molar-refractivity contribution in [3.8, 4) is 17.2 Å². The predicted molar refractivity (Wildman–Crippen MR) is 123 cm³/mol. The smallest absolute Gasteiger partial charge is 0.257 e. The molecule has 2 aromatic carbocycles. The Morgan fingerprint density at radius 2 is 1.81 bits per heavy atom.